The molecule has 0 bridgehead atoms. The summed E-state index contributed by atoms with van der Waals surface area (Å²) < 4.78 is 0. The summed E-state index contributed by atoms with van der Waals surface area (Å²) in [4.78, 5) is 36.4. The summed E-state index contributed by atoms with van der Waals surface area (Å²) in [7, 11) is 0. The zero-order valence-electron chi connectivity index (χ0n) is 11.8. The molecule has 2 amide bonds. The zero-order chi connectivity index (χ0) is 15.2. The molecule has 0 atom stereocenters. The number of carbonyl (C=O) groups excluding carboxylic acids is 2. The van der Waals surface area contributed by atoms with E-state index in [0.717, 1.165) is 13.0 Å². The van der Waals surface area contributed by atoms with Gasteiger partial charge in [-0.25, -0.2) is 9.97 Å². The van der Waals surface area contributed by atoms with Gasteiger partial charge < -0.3 is 9.80 Å². The standard InChI is InChI=1S/C14H14N4O2S2/c19-12(10-3-21-8-15-10)17-2-1-14(5-17)6-18(7-14)13(20)11-4-22-9-16-11/h3-4,8-9H,1-2,5-7H2. The lowest BCUT2D eigenvalue weighted by molar-refractivity contribution is 0.0106. The maximum Gasteiger partial charge on any atom is 0.273 e. The van der Waals surface area contributed by atoms with Crippen LogP contribution in [0.1, 0.15) is 27.4 Å². The van der Waals surface area contributed by atoms with Crippen molar-refractivity contribution in [2.75, 3.05) is 26.2 Å². The monoisotopic (exact) mass is 334 g/mol. The van der Waals surface area contributed by atoms with Crippen molar-refractivity contribution in [3.63, 3.8) is 0 Å². The van der Waals surface area contributed by atoms with Crippen molar-refractivity contribution in [1.82, 2.24) is 19.8 Å². The Morgan fingerprint density at radius 2 is 1.50 bits per heavy atom. The largest absolute Gasteiger partial charge is 0.337 e. The summed E-state index contributed by atoms with van der Waals surface area (Å²) in [6, 6.07) is 0. The molecule has 8 heteroatoms. The third-order valence-corrected chi connectivity index (χ3v) is 5.54. The number of nitrogens with zero attached hydrogens (tertiary/aromatic N) is 4. The average molecular weight is 334 g/mol. The van der Waals surface area contributed by atoms with E-state index < -0.39 is 0 Å². The molecule has 2 saturated heterocycles. The Morgan fingerprint density at radius 1 is 0.955 bits per heavy atom. The van der Waals surface area contributed by atoms with Crippen LogP contribution in [0, 0.1) is 5.41 Å². The maximum atomic E-state index is 12.3. The highest BCUT2D eigenvalue weighted by atomic mass is 32.1. The van der Waals surface area contributed by atoms with Gasteiger partial charge in [0.25, 0.3) is 11.8 Å². The first kappa shape index (κ1) is 13.8. The summed E-state index contributed by atoms with van der Waals surface area (Å²) in [5.74, 6) is -0.00134. The minimum absolute atomic E-state index is 0.00222. The molecule has 0 radical (unpaired) electrons. The summed E-state index contributed by atoms with van der Waals surface area (Å²) in [5, 5.41) is 3.56. The van der Waals surface area contributed by atoms with Crippen LogP contribution in [-0.4, -0.2) is 57.8 Å². The van der Waals surface area contributed by atoms with Gasteiger partial charge in [0.2, 0.25) is 0 Å². The van der Waals surface area contributed by atoms with Gasteiger partial charge in [-0.05, 0) is 6.42 Å². The molecule has 0 aromatic carbocycles. The normalized spacial score (nSPS) is 19.5. The van der Waals surface area contributed by atoms with E-state index in [1.54, 1.807) is 21.8 Å². The second kappa shape index (κ2) is 5.13. The fourth-order valence-corrected chi connectivity index (χ4v) is 4.29. The van der Waals surface area contributed by atoms with Gasteiger partial charge in [0.15, 0.2) is 0 Å². The number of aromatic nitrogens is 2. The number of likely N-dealkylation sites (tertiary alicyclic amines) is 2. The van der Waals surface area contributed by atoms with E-state index in [1.165, 1.54) is 22.7 Å². The molecule has 2 fully saturated rings. The Morgan fingerprint density at radius 3 is 2.05 bits per heavy atom. The molecule has 1 spiro atoms. The van der Waals surface area contributed by atoms with E-state index in [0.29, 0.717) is 31.0 Å². The number of rotatable bonds is 2. The number of hydrogen-bond acceptors (Lipinski definition) is 6. The van der Waals surface area contributed by atoms with E-state index >= 15 is 0 Å². The van der Waals surface area contributed by atoms with Gasteiger partial charge >= 0.3 is 0 Å². The molecule has 6 nitrogen and oxygen atoms in total. The lowest BCUT2D eigenvalue weighted by atomic mass is 9.79. The van der Waals surface area contributed by atoms with Gasteiger partial charge in [0, 0.05) is 42.4 Å². The highest BCUT2D eigenvalue weighted by Gasteiger charge is 2.50. The highest BCUT2D eigenvalue weighted by Crippen LogP contribution is 2.40. The Labute approximate surface area is 135 Å². The van der Waals surface area contributed by atoms with Crippen molar-refractivity contribution in [2.45, 2.75) is 6.42 Å². The second-order valence-electron chi connectivity index (χ2n) is 5.89. The minimum atomic E-state index is -0.00356. The first-order chi connectivity index (χ1) is 10.7. The summed E-state index contributed by atoms with van der Waals surface area (Å²) in [5.41, 5.74) is 4.46. The Kier molecular flexibility index (Phi) is 3.23. The quantitative estimate of drug-likeness (QED) is 0.836. The molecular weight excluding hydrogens is 320 g/mol. The first-order valence-electron chi connectivity index (χ1n) is 7.02. The molecular formula is C14H14N4O2S2. The van der Waals surface area contributed by atoms with Crippen LogP contribution >= 0.6 is 22.7 Å². The van der Waals surface area contributed by atoms with Gasteiger partial charge in [-0.3, -0.25) is 9.59 Å². The Bertz CT molecular complexity index is 693. The predicted octanol–water partition coefficient (Wildman–Crippen LogP) is 1.59. The molecule has 2 aromatic rings. The molecule has 0 N–H and O–H groups in total. The van der Waals surface area contributed by atoms with Crippen LogP contribution in [0.15, 0.2) is 21.8 Å². The third kappa shape index (κ3) is 2.22. The van der Waals surface area contributed by atoms with Crippen molar-refractivity contribution in [2.24, 2.45) is 5.41 Å². The van der Waals surface area contributed by atoms with Crippen LogP contribution < -0.4 is 0 Å². The zero-order valence-corrected chi connectivity index (χ0v) is 13.4. The van der Waals surface area contributed by atoms with Crippen molar-refractivity contribution in [3.8, 4) is 0 Å². The molecule has 0 saturated carbocycles. The molecule has 22 heavy (non-hydrogen) atoms. The molecule has 2 aliphatic rings. The third-order valence-electron chi connectivity index (χ3n) is 4.37. The van der Waals surface area contributed by atoms with Crippen LogP contribution in [0.3, 0.4) is 0 Å². The second-order valence-corrected chi connectivity index (χ2v) is 7.32. The smallest absolute Gasteiger partial charge is 0.273 e. The molecule has 0 unspecified atom stereocenters. The fourth-order valence-electron chi connectivity index (χ4n) is 3.23. The Balaban J connectivity index is 1.38. The van der Waals surface area contributed by atoms with Crippen LogP contribution in [0.5, 0.6) is 0 Å². The number of carbonyl (C=O) groups is 2. The Hall–Kier alpha value is -1.80. The van der Waals surface area contributed by atoms with Gasteiger partial charge in [0.1, 0.15) is 11.4 Å². The maximum absolute atomic E-state index is 12.3. The minimum Gasteiger partial charge on any atom is -0.337 e. The number of thiazole rings is 2. The van der Waals surface area contributed by atoms with Crippen molar-refractivity contribution >= 4 is 34.5 Å². The van der Waals surface area contributed by atoms with Gasteiger partial charge in [-0.1, -0.05) is 0 Å². The molecule has 2 aromatic heterocycles. The van der Waals surface area contributed by atoms with Crippen LogP contribution in [0.4, 0.5) is 0 Å². The van der Waals surface area contributed by atoms with Crippen molar-refractivity contribution in [3.05, 3.63) is 33.2 Å². The highest BCUT2D eigenvalue weighted by molar-refractivity contribution is 7.08. The van der Waals surface area contributed by atoms with Gasteiger partial charge in [0.05, 0.1) is 11.0 Å². The van der Waals surface area contributed by atoms with Crippen LogP contribution in [-0.2, 0) is 0 Å². The van der Waals surface area contributed by atoms with E-state index in [-0.39, 0.29) is 17.2 Å². The van der Waals surface area contributed by atoms with E-state index in [9.17, 15) is 9.59 Å². The average Bonchev–Trinajstić information content (AvgIpc) is 3.24. The van der Waals surface area contributed by atoms with Gasteiger partial charge in [-0.15, -0.1) is 22.7 Å². The van der Waals surface area contributed by atoms with E-state index in [2.05, 4.69) is 9.97 Å². The topological polar surface area (TPSA) is 66.4 Å². The molecule has 0 aliphatic carbocycles. The first-order valence-corrected chi connectivity index (χ1v) is 8.90. The molecule has 4 rings (SSSR count). The van der Waals surface area contributed by atoms with E-state index in [1.807, 2.05) is 9.80 Å². The number of amides is 2. The molecule has 114 valence electrons. The van der Waals surface area contributed by atoms with Crippen LogP contribution in [0.25, 0.3) is 0 Å². The van der Waals surface area contributed by atoms with Crippen molar-refractivity contribution in [1.29, 1.82) is 0 Å². The summed E-state index contributed by atoms with van der Waals surface area (Å²) in [6.07, 6.45) is 0.948. The summed E-state index contributed by atoms with van der Waals surface area (Å²) in [6.45, 7) is 2.88. The molecule has 4 heterocycles. The fraction of sp³-hybridized carbons (Fsp3) is 0.429. The van der Waals surface area contributed by atoms with Gasteiger partial charge in [-0.2, -0.15) is 0 Å². The van der Waals surface area contributed by atoms with Crippen LogP contribution in [0.2, 0.25) is 0 Å². The predicted molar refractivity (Wildman–Crippen MR) is 83.1 cm³/mol. The SMILES string of the molecule is O=C(c1cscn1)N1CCC2(C1)CN(C(=O)c1cscn1)C2. The summed E-state index contributed by atoms with van der Waals surface area (Å²) >= 11 is 2.86. The lowest BCUT2D eigenvalue weighted by Gasteiger charge is -2.47. The number of hydrogen-bond donors (Lipinski definition) is 0. The van der Waals surface area contributed by atoms with E-state index in [4.69, 9.17) is 0 Å². The molecule has 2 aliphatic heterocycles. The lowest BCUT2D eigenvalue weighted by Crippen LogP contribution is -2.59. The van der Waals surface area contributed by atoms with Crippen molar-refractivity contribution < 1.29 is 9.59 Å².